The van der Waals surface area contributed by atoms with Crippen molar-refractivity contribution < 1.29 is 19.1 Å². The van der Waals surface area contributed by atoms with E-state index in [0.717, 1.165) is 0 Å². The van der Waals surface area contributed by atoms with Gasteiger partial charge in [-0.15, -0.1) is 0 Å². The number of nitrogens with one attached hydrogen (secondary N) is 1. The molecule has 0 aliphatic heterocycles. The zero-order chi connectivity index (χ0) is 14.5. The molecule has 20 heavy (non-hydrogen) atoms. The maximum Gasteiger partial charge on any atom is 0.371 e. The van der Waals surface area contributed by atoms with E-state index >= 15 is 0 Å². The SMILES string of the molecule is N#Cc1cccc(C(=O)NCc2ccc(C(=O)O)o2)c1. The minimum absolute atomic E-state index is 0.0723. The quantitative estimate of drug-likeness (QED) is 0.881. The molecule has 0 fully saturated rings. The maximum absolute atomic E-state index is 11.8. The van der Waals surface area contributed by atoms with Crippen LogP contribution in [0, 0.1) is 11.3 Å². The van der Waals surface area contributed by atoms with E-state index < -0.39 is 5.97 Å². The molecule has 6 nitrogen and oxygen atoms in total. The predicted molar refractivity (Wildman–Crippen MR) is 68.0 cm³/mol. The van der Waals surface area contributed by atoms with Gasteiger partial charge in [-0.1, -0.05) is 6.07 Å². The van der Waals surface area contributed by atoms with Crippen molar-refractivity contribution in [1.82, 2.24) is 5.32 Å². The fourth-order valence-corrected chi connectivity index (χ4v) is 1.59. The zero-order valence-electron chi connectivity index (χ0n) is 10.3. The Morgan fingerprint density at radius 1 is 1.30 bits per heavy atom. The Balaban J connectivity index is 2.01. The van der Waals surface area contributed by atoms with Gasteiger partial charge in [0.05, 0.1) is 18.2 Å². The minimum Gasteiger partial charge on any atom is -0.475 e. The molecule has 0 spiro atoms. The molecular weight excluding hydrogens is 260 g/mol. The molecule has 0 aliphatic carbocycles. The lowest BCUT2D eigenvalue weighted by Crippen LogP contribution is -2.22. The topological polar surface area (TPSA) is 103 Å². The molecular formula is C14H10N2O4. The highest BCUT2D eigenvalue weighted by atomic mass is 16.4. The van der Waals surface area contributed by atoms with Crippen LogP contribution in [0.3, 0.4) is 0 Å². The van der Waals surface area contributed by atoms with Crippen molar-refractivity contribution in [3.05, 3.63) is 59.0 Å². The number of carboxylic acid groups (broad SMARTS) is 1. The van der Waals surface area contributed by atoms with E-state index in [2.05, 4.69) is 5.32 Å². The standard InChI is InChI=1S/C14H10N2O4/c15-7-9-2-1-3-10(6-9)13(17)16-8-11-4-5-12(20-11)14(18)19/h1-6H,8H2,(H,16,17)(H,18,19). The van der Waals surface area contributed by atoms with Crippen LogP contribution in [-0.2, 0) is 6.54 Å². The maximum atomic E-state index is 11.8. The summed E-state index contributed by atoms with van der Waals surface area (Å²) in [4.78, 5) is 22.5. The van der Waals surface area contributed by atoms with E-state index in [1.807, 2.05) is 6.07 Å². The summed E-state index contributed by atoms with van der Waals surface area (Å²) in [6, 6.07) is 11.0. The molecule has 1 aromatic heterocycles. The molecule has 0 saturated carbocycles. The second-order valence-corrected chi connectivity index (χ2v) is 3.95. The molecule has 100 valence electrons. The van der Waals surface area contributed by atoms with Crippen LogP contribution in [-0.4, -0.2) is 17.0 Å². The van der Waals surface area contributed by atoms with Crippen molar-refractivity contribution in [3.63, 3.8) is 0 Å². The van der Waals surface area contributed by atoms with Gasteiger partial charge < -0.3 is 14.8 Å². The summed E-state index contributed by atoms with van der Waals surface area (Å²) in [7, 11) is 0. The summed E-state index contributed by atoms with van der Waals surface area (Å²) in [5.74, 6) is -1.37. The number of nitrogens with zero attached hydrogens (tertiary/aromatic N) is 1. The first-order valence-electron chi connectivity index (χ1n) is 5.70. The lowest BCUT2D eigenvalue weighted by molar-refractivity contribution is 0.0660. The van der Waals surface area contributed by atoms with Gasteiger partial charge in [0.2, 0.25) is 5.76 Å². The van der Waals surface area contributed by atoms with Crippen molar-refractivity contribution >= 4 is 11.9 Å². The Kier molecular flexibility index (Phi) is 3.82. The van der Waals surface area contributed by atoms with Crippen LogP contribution in [0.25, 0.3) is 0 Å². The van der Waals surface area contributed by atoms with Crippen molar-refractivity contribution in [2.75, 3.05) is 0 Å². The lowest BCUT2D eigenvalue weighted by Gasteiger charge is -2.03. The Morgan fingerprint density at radius 3 is 2.75 bits per heavy atom. The van der Waals surface area contributed by atoms with Gasteiger partial charge in [0.15, 0.2) is 0 Å². The lowest BCUT2D eigenvalue weighted by atomic mass is 10.1. The molecule has 6 heteroatoms. The number of aromatic carboxylic acids is 1. The van der Waals surface area contributed by atoms with Crippen molar-refractivity contribution in [1.29, 1.82) is 5.26 Å². The number of furan rings is 1. The first kappa shape index (κ1) is 13.4. The fraction of sp³-hybridized carbons (Fsp3) is 0.0714. The number of carbonyl (C=O) groups is 2. The number of hydrogen-bond acceptors (Lipinski definition) is 4. The highest BCUT2D eigenvalue weighted by molar-refractivity contribution is 5.94. The third-order valence-electron chi connectivity index (χ3n) is 2.55. The van der Waals surface area contributed by atoms with Crippen LogP contribution < -0.4 is 5.32 Å². The van der Waals surface area contributed by atoms with Gasteiger partial charge in [-0.05, 0) is 30.3 Å². The van der Waals surface area contributed by atoms with Crippen LogP contribution >= 0.6 is 0 Å². The highest BCUT2D eigenvalue weighted by Crippen LogP contribution is 2.08. The van der Waals surface area contributed by atoms with Gasteiger partial charge in [0.25, 0.3) is 5.91 Å². The fourth-order valence-electron chi connectivity index (χ4n) is 1.59. The summed E-state index contributed by atoms with van der Waals surface area (Å²) in [5, 5.41) is 20.0. The first-order chi connectivity index (χ1) is 9.60. The van der Waals surface area contributed by atoms with Crippen LogP contribution in [0.5, 0.6) is 0 Å². The molecule has 1 heterocycles. The van der Waals surface area contributed by atoms with E-state index in [1.54, 1.807) is 18.2 Å². The number of carbonyl (C=O) groups excluding carboxylic acids is 1. The normalized spacial score (nSPS) is 9.75. The monoisotopic (exact) mass is 270 g/mol. The van der Waals surface area contributed by atoms with Crippen molar-refractivity contribution in [2.45, 2.75) is 6.54 Å². The second-order valence-electron chi connectivity index (χ2n) is 3.95. The molecule has 1 amide bonds. The second kappa shape index (κ2) is 5.71. The number of rotatable bonds is 4. The molecule has 0 bridgehead atoms. The largest absolute Gasteiger partial charge is 0.475 e. The Hall–Kier alpha value is -3.07. The third kappa shape index (κ3) is 3.03. The average Bonchev–Trinajstić information content (AvgIpc) is 2.94. The molecule has 0 atom stereocenters. The first-order valence-corrected chi connectivity index (χ1v) is 5.70. The summed E-state index contributed by atoms with van der Waals surface area (Å²) >= 11 is 0. The highest BCUT2D eigenvalue weighted by Gasteiger charge is 2.10. The number of carboxylic acids is 1. The molecule has 1 aromatic carbocycles. The summed E-state index contributed by atoms with van der Waals surface area (Å²) in [6.45, 7) is 0.0723. The predicted octanol–water partition coefficient (Wildman–Crippen LogP) is 1.78. The number of nitriles is 1. The van der Waals surface area contributed by atoms with Crippen LogP contribution in [0.2, 0.25) is 0 Å². The molecule has 2 aromatic rings. The molecule has 0 radical (unpaired) electrons. The third-order valence-corrected chi connectivity index (χ3v) is 2.55. The average molecular weight is 270 g/mol. The van der Waals surface area contributed by atoms with E-state index in [0.29, 0.717) is 16.9 Å². The van der Waals surface area contributed by atoms with Gasteiger partial charge in [-0.25, -0.2) is 4.79 Å². The van der Waals surface area contributed by atoms with Gasteiger partial charge in [0.1, 0.15) is 5.76 Å². The van der Waals surface area contributed by atoms with Crippen LogP contribution in [0.4, 0.5) is 0 Å². The summed E-state index contributed by atoms with van der Waals surface area (Å²) in [6.07, 6.45) is 0. The van der Waals surface area contributed by atoms with Gasteiger partial charge in [-0.2, -0.15) is 5.26 Å². The van der Waals surface area contributed by atoms with E-state index in [9.17, 15) is 9.59 Å². The van der Waals surface area contributed by atoms with Crippen LogP contribution in [0.15, 0.2) is 40.8 Å². The Bertz CT molecular complexity index is 697. The summed E-state index contributed by atoms with van der Waals surface area (Å²) < 4.78 is 5.01. The Labute approximate surface area is 114 Å². The smallest absolute Gasteiger partial charge is 0.371 e. The van der Waals surface area contributed by atoms with Crippen molar-refractivity contribution in [2.24, 2.45) is 0 Å². The number of benzene rings is 1. The van der Waals surface area contributed by atoms with Crippen molar-refractivity contribution in [3.8, 4) is 6.07 Å². The van der Waals surface area contributed by atoms with E-state index in [1.165, 1.54) is 18.2 Å². The number of amides is 1. The van der Waals surface area contributed by atoms with Gasteiger partial charge >= 0.3 is 5.97 Å². The molecule has 2 N–H and O–H groups in total. The number of hydrogen-bond donors (Lipinski definition) is 2. The summed E-state index contributed by atoms with van der Waals surface area (Å²) in [5.41, 5.74) is 0.748. The molecule has 0 saturated heterocycles. The van der Waals surface area contributed by atoms with E-state index in [-0.39, 0.29) is 18.2 Å². The molecule has 0 unspecified atom stereocenters. The van der Waals surface area contributed by atoms with E-state index in [4.69, 9.17) is 14.8 Å². The zero-order valence-corrected chi connectivity index (χ0v) is 10.3. The van der Waals surface area contributed by atoms with Crippen LogP contribution in [0.1, 0.15) is 32.2 Å². The van der Waals surface area contributed by atoms with Gasteiger partial charge in [-0.3, -0.25) is 4.79 Å². The Morgan fingerprint density at radius 2 is 2.10 bits per heavy atom. The van der Waals surface area contributed by atoms with Gasteiger partial charge in [0, 0.05) is 5.56 Å². The minimum atomic E-state index is -1.16. The molecule has 2 rings (SSSR count). The molecule has 0 aliphatic rings.